The summed E-state index contributed by atoms with van der Waals surface area (Å²) in [7, 11) is 0. The summed E-state index contributed by atoms with van der Waals surface area (Å²) in [5.41, 5.74) is 0.383. The van der Waals surface area contributed by atoms with Gasteiger partial charge in [-0.2, -0.15) is 0 Å². The quantitative estimate of drug-likeness (QED) is 0.227. The van der Waals surface area contributed by atoms with Gasteiger partial charge in [-0.05, 0) is 31.1 Å². The fraction of sp³-hybridized carbons (Fsp3) is 0.281. The van der Waals surface area contributed by atoms with Crippen LogP contribution in [0.25, 0.3) is 11.4 Å². The van der Waals surface area contributed by atoms with E-state index >= 15 is 0 Å². The maximum absolute atomic E-state index is 13.6. The second-order valence-corrected chi connectivity index (χ2v) is 9.97. The zero-order valence-corrected chi connectivity index (χ0v) is 24.0. The number of pyridine rings is 1. The van der Waals surface area contributed by atoms with Gasteiger partial charge in [-0.3, -0.25) is 28.5 Å². The highest BCUT2D eigenvalue weighted by atomic mass is 16.5. The number of aromatic nitrogens is 3. The molecule has 222 valence electrons. The van der Waals surface area contributed by atoms with E-state index in [0.717, 1.165) is 24.5 Å². The van der Waals surface area contributed by atoms with Crippen molar-refractivity contribution in [3.05, 3.63) is 94.8 Å². The summed E-state index contributed by atoms with van der Waals surface area (Å²) < 4.78 is 7.26. The summed E-state index contributed by atoms with van der Waals surface area (Å²) in [4.78, 5) is 71.7. The first kappa shape index (κ1) is 30.8. The number of unbranched alkanes of at least 4 members (excludes halogenated alkanes) is 1. The number of nitrogens with zero attached hydrogens (tertiary/aromatic N) is 3. The van der Waals surface area contributed by atoms with Crippen molar-refractivity contribution in [3.63, 3.8) is 0 Å². The van der Waals surface area contributed by atoms with Gasteiger partial charge in [-0.25, -0.2) is 9.97 Å². The summed E-state index contributed by atoms with van der Waals surface area (Å²) in [5, 5.41) is 5.27. The van der Waals surface area contributed by atoms with E-state index in [1.807, 2.05) is 37.3 Å². The van der Waals surface area contributed by atoms with Crippen molar-refractivity contribution in [2.45, 2.75) is 52.0 Å². The number of nitrogens with one attached hydrogen (secondary N) is 2. The molecule has 1 unspecified atom stereocenters. The molecule has 0 bridgehead atoms. The minimum absolute atomic E-state index is 0.0174. The first-order valence-corrected chi connectivity index (χ1v) is 14.1. The third-order valence-corrected chi connectivity index (χ3v) is 6.79. The van der Waals surface area contributed by atoms with E-state index in [0.29, 0.717) is 18.7 Å². The Morgan fingerprint density at radius 1 is 0.977 bits per heavy atom. The Balaban J connectivity index is 1.55. The highest BCUT2D eigenvalue weighted by Gasteiger charge is 2.27. The summed E-state index contributed by atoms with van der Waals surface area (Å²) in [5.74, 6) is -1.45. The lowest BCUT2D eigenvalue weighted by molar-refractivity contribution is -0.132. The van der Waals surface area contributed by atoms with Gasteiger partial charge in [-0.15, -0.1) is 0 Å². The molecular formula is C32H33N5O6. The van der Waals surface area contributed by atoms with Gasteiger partial charge in [0.05, 0.1) is 18.3 Å². The lowest BCUT2D eigenvalue weighted by atomic mass is 10.00. The second-order valence-electron chi connectivity index (χ2n) is 9.97. The van der Waals surface area contributed by atoms with Crippen molar-refractivity contribution in [1.29, 1.82) is 0 Å². The van der Waals surface area contributed by atoms with Crippen molar-refractivity contribution in [1.82, 2.24) is 19.9 Å². The van der Waals surface area contributed by atoms with E-state index in [2.05, 4.69) is 20.6 Å². The molecule has 1 aliphatic carbocycles. The van der Waals surface area contributed by atoms with Crippen LogP contribution in [0.15, 0.2) is 89.2 Å². The molecule has 1 atom stereocenters. The minimum Gasteiger partial charge on any atom is -0.439 e. The highest BCUT2D eigenvalue weighted by Crippen LogP contribution is 2.27. The zero-order chi connectivity index (χ0) is 30.8. The number of anilines is 1. The highest BCUT2D eigenvalue weighted by molar-refractivity contribution is 6.48. The van der Waals surface area contributed by atoms with Gasteiger partial charge in [0.25, 0.3) is 5.56 Å². The molecule has 0 saturated carbocycles. The Morgan fingerprint density at radius 2 is 1.74 bits per heavy atom. The average Bonchev–Trinajstić information content (AvgIpc) is 3.01. The molecule has 2 heterocycles. The molecular weight excluding hydrogens is 550 g/mol. The molecule has 0 aliphatic heterocycles. The van der Waals surface area contributed by atoms with Crippen LogP contribution in [0.2, 0.25) is 0 Å². The smallest absolute Gasteiger partial charge is 0.277 e. The Morgan fingerprint density at radius 3 is 2.44 bits per heavy atom. The van der Waals surface area contributed by atoms with E-state index in [1.54, 1.807) is 22.8 Å². The molecule has 4 rings (SSSR count). The molecule has 2 N–H and O–H groups in total. The van der Waals surface area contributed by atoms with Crippen molar-refractivity contribution < 1.29 is 23.9 Å². The van der Waals surface area contributed by atoms with Crippen LogP contribution in [0.4, 0.5) is 5.69 Å². The van der Waals surface area contributed by atoms with Gasteiger partial charge in [0.15, 0.2) is 0 Å². The van der Waals surface area contributed by atoms with Crippen LogP contribution in [-0.2, 0) is 19.2 Å². The fourth-order valence-electron chi connectivity index (χ4n) is 4.67. The van der Waals surface area contributed by atoms with E-state index in [4.69, 9.17) is 4.74 Å². The number of allylic oxidation sites excluding steroid dienone is 2. The predicted molar refractivity (Wildman–Crippen MR) is 160 cm³/mol. The molecule has 0 spiro atoms. The Labute approximate surface area is 248 Å². The number of carbonyl (C=O) groups is 4. The molecule has 0 radical (unpaired) electrons. The van der Waals surface area contributed by atoms with Crippen LogP contribution in [0.1, 0.15) is 52.0 Å². The monoisotopic (exact) mass is 583 g/mol. The number of ketones is 2. The Bertz CT molecular complexity index is 1610. The van der Waals surface area contributed by atoms with Gasteiger partial charge < -0.3 is 15.4 Å². The van der Waals surface area contributed by atoms with Crippen molar-refractivity contribution in [2.24, 2.45) is 0 Å². The topological polar surface area (TPSA) is 149 Å². The number of hydrogen-bond donors (Lipinski definition) is 2. The summed E-state index contributed by atoms with van der Waals surface area (Å²) >= 11 is 0. The molecule has 0 fully saturated rings. The Hall–Kier alpha value is -5.19. The van der Waals surface area contributed by atoms with Crippen LogP contribution in [0.5, 0.6) is 5.88 Å². The summed E-state index contributed by atoms with van der Waals surface area (Å²) in [6, 6.07) is 13.9. The maximum atomic E-state index is 13.6. The molecule has 2 aromatic heterocycles. The number of hydrogen-bond acceptors (Lipinski definition) is 8. The molecule has 3 aromatic rings. The minimum atomic E-state index is -0.769. The second kappa shape index (κ2) is 14.6. The summed E-state index contributed by atoms with van der Waals surface area (Å²) in [6.45, 7) is 3.13. The Kier molecular flexibility index (Phi) is 10.5. The van der Waals surface area contributed by atoms with Crippen LogP contribution in [0.3, 0.4) is 0 Å². The van der Waals surface area contributed by atoms with Gasteiger partial charge in [0.1, 0.15) is 17.3 Å². The number of benzene rings is 1. The van der Waals surface area contributed by atoms with Crippen LogP contribution in [-0.4, -0.2) is 44.5 Å². The lowest BCUT2D eigenvalue weighted by Gasteiger charge is -2.24. The number of amides is 2. The zero-order valence-electron chi connectivity index (χ0n) is 24.0. The number of ether oxygens (including phenoxy) is 1. The maximum Gasteiger partial charge on any atom is 0.277 e. The van der Waals surface area contributed by atoms with Crippen molar-refractivity contribution in [2.75, 3.05) is 11.9 Å². The van der Waals surface area contributed by atoms with Gasteiger partial charge in [0.2, 0.25) is 29.3 Å². The van der Waals surface area contributed by atoms with Crippen molar-refractivity contribution >= 4 is 29.1 Å². The molecule has 1 aliphatic rings. The first-order chi connectivity index (χ1) is 20.8. The SMILES string of the molecule is CCCCC(CCC(=O)NCC1=C(Oc2ccccn2)C=CC(=O)C1=O)n1c(-c2ccccc2)ncc(NC(C)=O)c1=O. The molecule has 11 heteroatoms. The van der Waals surface area contributed by atoms with Crippen LogP contribution < -0.4 is 20.9 Å². The molecule has 2 amide bonds. The third kappa shape index (κ3) is 7.97. The van der Waals surface area contributed by atoms with Gasteiger partial charge in [0, 0.05) is 37.2 Å². The number of carbonyl (C=O) groups excluding carboxylic acids is 4. The first-order valence-electron chi connectivity index (χ1n) is 14.1. The van der Waals surface area contributed by atoms with Crippen LogP contribution >= 0.6 is 0 Å². The van der Waals surface area contributed by atoms with Crippen LogP contribution in [0, 0.1) is 0 Å². The van der Waals surface area contributed by atoms with E-state index < -0.39 is 29.1 Å². The standard InChI is InChI=1S/C32H33N5O6/c1-3-4-12-23(37-31(22-10-6-5-7-11-22)35-20-25(32(37)42)36-21(2)38)14-17-28(40)34-19-24-27(16-15-26(39)30(24)41)43-29-13-8-9-18-33-29/h5-11,13,15-16,18,20,23H,3-4,12,14,17,19H2,1-2H3,(H,34,40)(H,36,38). The van der Waals surface area contributed by atoms with Gasteiger partial charge in [-0.1, -0.05) is 56.2 Å². The van der Waals surface area contributed by atoms with E-state index in [9.17, 15) is 24.0 Å². The average molecular weight is 584 g/mol. The van der Waals surface area contributed by atoms with E-state index in [-0.39, 0.29) is 41.8 Å². The molecule has 1 aromatic carbocycles. The fourth-order valence-corrected chi connectivity index (χ4v) is 4.67. The number of Topliss-reactive ketones (excluding diaryl/α,β-unsaturated/α-hetero) is 1. The lowest BCUT2D eigenvalue weighted by Crippen LogP contribution is -2.34. The van der Waals surface area contributed by atoms with Crippen molar-refractivity contribution in [3.8, 4) is 17.3 Å². The predicted octanol–water partition coefficient (Wildman–Crippen LogP) is 3.93. The molecule has 11 nitrogen and oxygen atoms in total. The largest absolute Gasteiger partial charge is 0.439 e. The van der Waals surface area contributed by atoms with Gasteiger partial charge >= 0.3 is 0 Å². The van der Waals surface area contributed by atoms with E-state index in [1.165, 1.54) is 25.4 Å². The molecule has 43 heavy (non-hydrogen) atoms. The normalized spacial score (nSPS) is 13.5. The molecule has 0 saturated heterocycles. The third-order valence-electron chi connectivity index (χ3n) is 6.79. The number of rotatable bonds is 13. The summed E-state index contributed by atoms with van der Waals surface area (Å²) in [6.07, 6.45) is 7.96.